The summed E-state index contributed by atoms with van der Waals surface area (Å²) in [4.78, 5) is 11.8. The fourth-order valence-corrected chi connectivity index (χ4v) is 3.19. The van der Waals surface area contributed by atoms with Crippen molar-refractivity contribution in [3.63, 3.8) is 0 Å². The molecule has 0 unspecified atom stereocenters. The minimum Gasteiger partial charge on any atom is -0.352 e. The first kappa shape index (κ1) is 14.5. The van der Waals surface area contributed by atoms with E-state index in [0.717, 1.165) is 32.8 Å². The second-order valence-corrected chi connectivity index (χ2v) is 7.20. The lowest BCUT2D eigenvalue weighted by atomic mass is 10.3. The van der Waals surface area contributed by atoms with Crippen LogP contribution in [-0.4, -0.2) is 22.2 Å². The summed E-state index contributed by atoms with van der Waals surface area (Å²) >= 11 is 3.80. The van der Waals surface area contributed by atoms with Crippen LogP contribution in [0, 0.1) is 16.7 Å². The van der Waals surface area contributed by atoms with Crippen molar-refractivity contribution in [2.24, 2.45) is 0 Å². The monoisotopic (exact) mass is 389 g/mol. The Labute approximate surface area is 130 Å². The van der Waals surface area contributed by atoms with Crippen LogP contribution in [0.2, 0.25) is 0 Å². The zero-order chi connectivity index (χ0) is 13.8. The van der Waals surface area contributed by atoms with Crippen LogP contribution in [0.15, 0.2) is 17.5 Å². The highest BCUT2D eigenvalue weighted by atomic mass is 127. The SMILES string of the molecule is Cc1cc(C)n(CCCNC(=O)c2csc(I)c2)n1. The van der Waals surface area contributed by atoms with E-state index in [1.54, 1.807) is 11.3 Å². The third-order valence-corrected chi connectivity index (χ3v) is 4.55. The molecular weight excluding hydrogens is 373 g/mol. The molecule has 0 bridgehead atoms. The van der Waals surface area contributed by atoms with Gasteiger partial charge in [0.2, 0.25) is 0 Å². The molecule has 0 saturated carbocycles. The Hall–Kier alpha value is -0.890. The molecule has 2 aromatic rings. The van der Waals surface area contributed by atoms with Crippen LogP contribution < -0.4 is 5.32 Å². The number of carbonyl (C=O) groups is 1. The van der Waals surface area contributed by atoms with Gasteiger partial charge in [0.25, 0.3) is 5.91 Å². The van der Waals surface area contributed by atoms with Gasteiger partial charge in [-0.15, -0.1) is 11.3 Å². The van der Waals surface area contributed by atoms with Crippen molar-refractivity contribution in [2.45, 2.75) is 26.8 Å². The van der Waals surface area contributed by atoms with E-state index in [1.165, 1.54) is 0 Å². The molecule has 4 nitrogen and oxygen atoms in total. The number of hydrogen-bond acceptors (Lipinski definition) is 3. The lowest BCUT2D eigenvalue weighted by Crippen LogP contribution is -2.25. The molecule has 19 heavy (non-hydrogen) atoms. The molecule has 0 aliphatic heterocycles. The first-order valence-electron chi connectivity index (χ1n) is 6.09. The molecule has 0 atom stereocenters. The van der Waals surface area contributed by atoms with E-state index in [4.69, 9.17) is 0 Å². The molecule has 1 N–H and O–H groups in total. The summed E-state index contributed by atoms with van der Waals surface area (Å²) in [6, 6.07) is 3.97. The Balaban J connectivity index is 1.75. The van der Waals surface area contributed by atoms with Gasteiger partial charge >= 0.3 is 0 Å². The standard InChI is InChI=1S/C13H16IN3OS/c1-9-6-10(2)17(16-9)5-3-4-15-13(18)11-7-12(14)19-8-11/h6-8H,3-5H2,1-2H3,(H,15,18). The van der Waals surface area contributed by atoms with Crippen molar-refractivity contribution in [2.75, 3.05) is 6.54 Å². The van der Waals surface area contributed by atoms with Gasteiger partial charge in [0, 0.05) is 24.2 Å². The topological polar surface area (TPSA) is 46.9 Å². The minimum atomic E-state index is 0.00698. The van der Waals surface area contributed by atoms with Gasteiger partial charge in [-0.25, -0.2) is 0 Å². The fraction of sp³-hybridized carbons (Fsp3) is 0.385. The molecule has 0 fully saturated rings. The second-order valence-electron chi connectivity index (χ2n) is 4.40. The fourth-order valence-electron chi connectivity index (χ4n) is 1.86. The van der Waals surface area contributed by atoms with Gasteiger partial charge in [-0.1, -0.05) is 0 Å². The Morgan fingerprint density at radius 1 is 1.47 bits per heavy atom. The number of amides is 1. The number of aromatic nitrogens is 2. The normalized spacial score (nSPS) is 10.7. The summed E-state index contributed by atoms with van der Waals surface area (Å²) in [6.45, 7) is 5.54. The first-order chi connectivity index (χ1) is 9.06. The lowest BCUT2D eigenvalue weighted by Gasteiger charge is -2.05. The van der Waals surface area contributed by atoms with Crippen LogP contribution in [0.25, 0.3) is 0 Å². The average Bonchev–Trinajstić information content (AvgIpc) is 2.91. The van der Waals surface area contributed by atoms with Crippen molar-refractivity contribution >= 4 is 39.8 Å². The largest absolute Gasteiger partial charge is 0.352 e. The van der Waals surface area contributed by atoms with Gasteiger partial charge in [-0.05, 0) is 55.0 Å². The van der Waals surface area contributed by atoms with Gasteiger partial charge < -0.3 is 5.32 Å². The number of nitrogens with zero attached hydrogens (tertiary/aromatic N) is 2. The van der Waals surface area contributed by atoms with Crippen LogP contribution in [0.5, 0.6) is 0 Å². The number of halogens is 1. The summed E-state index contributed by atoms with van der Waals surface area (Å²) in [5.74, 6) is 0.00698. The van der Waals surface area contributed by atoms with E-state index in [9.17, 15) is 4.79 Å². The summed E-state index contributed by atoms with van der Waals surface area (Å²) in [5, 5.41) is 9.21. The summed E-state index contributed by atoms with van der Waals surface area (Å²) in [6.07, 6.45) is 0.884. The third kappa shape index (κ3) is 4.04. The number of carbonyl (C=O) groups excluding carboxylic acids is 1. The van der Waals surface area contributed by atoms with Crippen molar-refractivity contribution in [3.8, 4) is 0 Å². The highest BCUT2D eigenvalue weighted by Gasteiger charge is 2.07. The molecule has 0 aliphatic rings. The summed E-state index contributed by atoms with van der Waals surface area (Å²) in [7, 11) is 0. The van der Waals surface area contributed by atoms with Crippen LogP contribution >= 0.6 is 33.9 Å². The van der Waals surface area contributed by atoms with E-state index in [-0.39, 0.29) is 5.91 Å². The molecule has 1 amide bonds. The third-order valence-electron chi connectivity index (χ3n) is 2.77. The van der Waals surface area contributed by atoms with Gasteiger partial charge in [0.15, 0.2) is 0 Å². The van der Waals surface area contributed by atoms with Crippen LogP contribution in [-0.2, 0) is 6.54 Å². The molecular formula is C13H16IN3OS. The highest BCUT2D eigenvalue weighted by molar-refractivity contribution is 14.1. The van der Waals surface area contributed by atoms with Gasteiger partial charge in [0.05, 0.1) is 14.1 Å². The summed E-state index contributed by atoms with van der Waals surface area (Å²) < 4.78 is 3.11. The number of thiophene rings is 1. The molecule has 2 aromatic heterocycles. The predicted molar refractivity (Wildman–Crippen MR) is 85.7 cm³/mol. The number of rotatable bonds is 5. The van der Waals surface area contributed by atoms with Crippen LogP contribution in [0.1, 0.15) is 28.2 Å². The Morgan fingerprint density at radius 3 is 2.84 bits per heavy atom. The van der Waals surface area contributed by atoms with Crippen molar-refractivity contribution in [1.82, 2.24) is 15.1 Å². The zero-order valence-corrected chi connectivity index (χ0v) is 13.9. The minimum absolute atomic E-state index is 0.00698. The van der Waals surface area contributed by atoms with E-state index >= 15 is 0 Å². The maximum atomic E-state index is 11.8. The van der Waals surface area contributed by atoms with Gasteiger partial charge in [0.1, 0.15) is 0 Å². The van der Waals surface area contributed by atoms with E-state index in [1.807, 2.05) is 30.0 Å². The maximum Gasteiger partial charge on any atom is 0.252 e. The first-order valence-corrected chi connectivity index (χ1v) is 8.05. The van der Waals surface area contributed by atoms with Gasteiger partial charge in [-0.2, -0.15) is 5.10 Å². The quantitative estimate of drug-likeness (QED) is 0.632. The number of nitrogens with one attached hydrogen (secondary N) is 1. The molecule has 2 heterocycles. The van der Waals surface area contributed by atoms with Crippen LogP contribution in [0.4, 0.5) is 0 Å². The molecule has 2 rings (SSSR count). The van der Waals surface area contributed by atoms with Crippen molar-refractivity contribution < 1.29 is 4.79 Å². The predicted octanol–water partition coefficient (Wildman–Crippen LogP) is 2.99. The number of hydrogen-bond donors (Lipinski definition) is 1. The number of aryl methyl sites for hydroxylation is 3. The lowest BCUT2D eigenvalue weighted by molar-refractivity contribution is 0.0953. The Morgan fingerprint density at radius 2 is 2.26 bits per heavy atom. The van der Waals surface area contributed by atoms with E-state index in [0.29, 0.717) is 6.54 Å². The summed E-state index contributed by atoms with van der Waals surface area (Å²) in [5.41, 5.74) is 2.95. The van der Waals surface area contributed by atoms with Crippen LogP contribution in [0.3, 0.4) is 0 Å². The maximum absolute atomic E-state index is 11.8. The molecule has 0 radical (unpaired) electrons. The molecule has 0 saturated heterocycles. The molecule has 0 aliphatic carbocycles. The molecule has 102 valence electrons. The average molecular weight is 389 g/mol. The zero-order valence-electron chi connectivity index (χ0n) is 10.9. The molecule has 6 heteroatoms. The second kappa shape index (κ2) is 6.51. The Bertz CT molecular complexity index is 576. The molecule has 0 aromatic carbocycles. The smallest absolute Gasteiger partial charge is 0.252 e. The van der Waals surface area contributed by atoms with E-state index < -0.39 is 0 Å². The van der Waals surface area contributed by atoms with Crippen molar-refractivity contribution in [1.29, 1.82) is 0 Å². The van der Waals surface area contributed by atoms with Crippen molar-refractivity contribution in [3.05, 3.63) is 37.3 Å². The molecule has 0 spiro atoms. The van der Waals surface area contributed by atoms with E-state index in [2.05, 4.69) is 39.1 Å². The van der Waals surface area contributed by atoms with Gasteiger partial charge in [-0.3, -0.25) is 9.48 Å². The highest BCUT2D eigenvalue weighted by Crippen LogP contribution is 2.16. The Kier molecular flexibility index (Phi) is 4.98.